The van der Waals surface area contributed by atoms with Gasteiger partial charge in [0.25, 0.3) is 0 Å². The molecule has 1 aliphatic carbocycles. The summed E-state index contributed by atoms with van der Waals surface area (Å²) in [6.45, 7) is 2.17. The molecule has 4 rings (SSSR count). The SMILES string of the molecule is O[C@H](CCc1cc(C(F)(F)F)cc(C(F)(F)F)c1)C1(c2ccccc2)CCC(N2CCCCC2)CC1. The molecule has 0 amide bonds. The Bertz CT molecular complexity index is 957. The molecule has 8 heteroatoms. The quantitative estimate of drug-likeness (QED) is 0.407. The van der Waals surface area contributed by atoms with Crippen LogP contribution in [0.4, 0.5) is 26.3 Å². The fraction of sp³-hybridized carbons (Fsp3) is 0.571. The first-order chi connectivity index (χ1) is 17.0. The van der Waals surface area contributed by atoms with Crippen LogP contribution in [0.3, 0.4) is 0 Å². The minimum absolute atomic E-state index is 0.0681. The molecule has 0 bridgehead atoms. The summed E-state index contributed by atoms with van der Waals surface area (Å²) in [5.74, 6) is 0. The largest absolute Gasteiger partial charge is 0.416 e. The number of hydrogen-bond donors (Lipinski definition) is 1. The van der Waals surface area contributed by atoms with E-state index in [9.17, 15) is 31.4 Å². The van der Waals surface area contributed by atoms with Crippen molar-refractivity contribution < 1.29 is 31.4 Å². The third kappa shape index (κ3) is 6.08. The Morgan fingerprint density at radius 1 is 0.833 bits per heavy atom. The molecule has 2 aromatic rings. The minimum atomic E-state index is -4.88. The van der Waals surface area contributed by atoms with E-state index in [-0.39, 0.29) is 24.5 Å². The van der Waals surface area contributed by atoms with Crippen LogP contribution in [0, 0.1) is 0 Å². The van der Waals surface area contributed by atoms with E-state index >= 15 is 0 Å². The Kier molecular flexibility index (Phi) is 8.05. The third-order valence-electron chi connectivity index (χ3n) is 8.09. The van der Waals surface area contributed by atoms with Crippen molar-refractivity contribution in [3.8, 4) is 0 Å². The van der Waals surface area contributed by atoms with Crippen LogP contribution in [-0.4, -0.2) is 35.2 Å². The lowest BCUT2D eigenvalue weighted by Gasteiger charge is -2.47. The number of hydrogen-bond acceptors (Lipinski definition) is 2. The lowest BCUT2D eigenvalue weighted by atomic mass is 9.63. The number of benzene rings is 2. The molecule has 2 aliphatic rings. The molecule has 36 heavy (non-hydrogen) atoms. The van der Waals surface area contributed by atoms with E-state index in [2.05, 4.69) is 4.90 Å². The molecule has 2 aromatic carbocycles. The van der Waals surface area contributed by atoms with Gasteiger partial charge in [-0.05, 0) is 93.8 Å². The first-order valence-corrected chi connectivity index (χ1v) is 12.7. The van der Waals surface area contributed by atoms with E-state index in [1.165, 1.54) is 19.3 Å². The van der Waals surface area contributed by atoms with Gasteiger partial charge in [-0.25, -0.2) is 0 Å². The van der Waals surface area contributed by atoms with Gasteiger partial charge in [0, 0.05) is 11.5 Å². The molecule has 1 aliphatic heterocycles. The number of halogens is 6. The molecular weight excluding hydrogens is 480 g/mol. The second kappa shape index (κ2) is 10.7. The summed E-state index contributed by atoms with van der Waals surface area (Å²) in [6.07, 6.45) is -3.71. The Morgan fingerprint density at radius 2 is 1.39 bits per heavy atom. The van der Waals surface area contributed by atoms with Crippen LogP contribution in [0.1, 0.15) is 73.6 Å². The number of likely N-dealkylation sites (tertiary alicyclic amines) is 1. The van der Waals surface area contributed by atoms with Crippen molar-refractivity contribution in [2.24, 2.45) is 0 Å². The van der Waals surface area contributed by atoms with Crippen LogP contribution in [0.25, 0.3) is 0 Å². The topological polar surface area (TPSA) is 23.5 Å². The predicted octanol–water partition coefficient (Wildman–Crippen LogP) is 7.38. The van der Waals surface area contributed by atoms with Crippen molar-refractivity contribution in [2.75, 3.05) is 13.1 Å². The summed E-state index contributed by atoms with van der Waals surface area (Å²) in [5, 5.41) is 11.4. The molecule has 1 N–H and O–H groups in total. The van der Waals surface area contributed by atoms with Gasteiger partial charge >= 0.3 is 12.4 Å². The average molecular weight is 514 g/mol. The molecule has 2 nitrogen and oxygen atoms in total. The van der Waals surface area contributed by atoms with E-state index < -0.39 is 35.0 Å². The normalized spacial score (nSPS) is 25.0. The van der Waals surface area contributed by atoms with Gasteiger partial charge in [-0.1, -0.05) is 36.8 Å². The molecule has 1 heterocycles. The zero-order chi connectivity index (χ0) is 26.0. The summed E-state index contributed by atoms with van der Waals surface area (Å²) in [6, 6.07) is 11.8. The lowest BCUT2D eigenvalue weighted by Crippen LogP contribution is -2.49. The summed E-state index contributed by atoms with van der Waals surface area (Å²) in [5.41, 5.74) is -2.29. The average Bonchev–Trinajstić information content (AvgIpc) is 2.87. The fourth-order valence-corrected chi connectivity index (χ4v) is 6.09. The van der Waals surface area contributed by atoms with Crippen LogP contribution >= 0.6 is 0 Å². The van der Waals surface area contributed by atoms with Crippen LogP contribution in [0.15, 0.2) is 48.5 Å². The highest BCUT2D eigenvalue weighted by atomic mass is 19.4. The molecule has 1 atom stereocenters. The molecule has 0 radical (unpaired) electrons. The first-order valence-electron chi connectivity index (χ1n) is 12.7. The molecule has 198 valence electrons. The van der Waals surface area contributed by atoms with Crippen molar-refractivity contribution >= 4 is 0 Å². The second-order valence-electron chi connectivity index (χ2n) is 10.3. The van der Waals surface area contributed by atoms with Gasteiger partial charge in [-0.15, -0.1) is 0 Å². The predicted molar refractivity (Wildman–Crippen MR) is 127 cm³/mol. The van der Waals surface area contributed by atoms with E-state index in [1.807, 2.05) is 30.3 Å². The summed E-state index contributed by atoms with van der Waals surface area (Å²) in [4.78, 5) is 2.53. The lowest BCUT2D eigenvalue weighted by molar-refractivity contribution is -0.143. The number of aryl methyl sites for hydroxylation is 1. The van der Waals surface area contributed by atoms with E-state index in [0.29, 0.717) is 6.04 Å². The van der Waals surface area contributed by atoms with Crippen molar-refractivity contribution in [1.82, 2.24) is 4.90 Å². The van der Waals surface area contributed by atoms with Crippen LogP contribution in [-0.2, 0) is 24.2 Å². The van der Waals surface area contributed by atoms with Crippen LogP contribution in [0.2, 0.25) is 0 Å². The van der Waals surface area contributed by atoms with Gasteiger partial charge in [0.2, 0.25) is 0 Å². The molecule has 2 fully saturated rings. The number of piperidine rings is 1. The number of aliphatic hydroxyl groups excluding tert-OH is 1. The Morgan fingerprint density at radius 3 is 1.92 bits per heavy atom. The highest BCUT2D eigenvalue weighted by Crippen LogP contribution is 2.45. The molecule has 0 aromatic heterocycles. The summed E-state index contributed by atoms with van der Waals surface area (Å²) >= 11 is 0. The summed E-state index contributed by atoms with van der Waals surface area (Å²) < 4.78 is 79.7. The minimum Gasteiger partial charge on any atom is -0.392 e. The number of alkyl halides is 6. The highest BCUT2D eigenvalue weighted by Gasteiger charge is 2.44. The molecular formula is C28H33F6NO. The molecule has 0 unspecified atom stereocenters. The Balaban J connectivity index is 1.54. The standard InChI is InChI=1S/C28H33F6NO/c29-27(30,31)22-17-20(18-23(19-22)28(32,33)34)9-10-25(36)26(21-7-3-1-4-8-21)13-11-24(12-14-26)35-15-5-2-6-16-35/h1,3-4,7-8,17-19,24-25,36H,2,5-6,9-16H2/t24?,25-,26?/m1/s1. The van der Waals surface area contributed by atoms with Gasteiger partial charge < -0.3 is 10.0 Å². The van der Waals surface area contributed by atoms with Crippen molar-refractivity contribution in [2.45, 2.75) is 87.7 Å². The maximum absolute atomic E-state index is 13.3. The molecule has 1 saturated heterocycles. The maximum atomic E-state index is 13.3. The first kappa shape index (κ1) is 27.0. The van der Waals surface area contributed by atoms with Crippen LogP contribution < -0.4 is 0 Å². The molecule has 0 spiro atoms. The zero-order valence-electron chi connectivity index (χ0n) is 20.2. The van der Waals surface area contributed by atoms with Crippen molar-refractivity contribution in [1.29, 1.82) is 0 Å². The fourth-order valence-electron chi connectivity index (χ4n) is 6.09. The summed E-state index contributed by atoms with van der Waals surface area (Å²) in [7, 11) is 0. The Labute approximate surface area is 208 Å². The molecule has 1 saturated carbocycles. The number of aliphatic hydroxyl groups is 1. The second-order valence-corrected chi connectivity index (χ2v) is 10.3. The van der Waals surface area contributed by atoms with Gasteiger partial charge in [0.05, 0.1) is 17.2 Å². The highest BCUT2D eigenvalue weighted by molar-refractivity contribution is 5.34. The zero-order valence-corrected chi connectivity index (χ0v) is 20.2. The third-order valence-corrected chi connectivity index (χ3v) is 8.09. The van der Waals surface area contributed by atoms with E-state index in [0.717, 1.165) is 56.5 Å². The maximum Gasteiger partial charge on any atom is 0.416 e. The smallest absolute Gasteiger partial charge is 0.392 e. The van der Waals surface area contributed by atoms with Crippen LogP contribution in [0.5, 0.6) is 0 Å². The number of rotatable bonds is 6. The monoisotopic (exact) mass is 513 g/mol. The van der Waals surface area contributed by atoms with Gasteiger partial charge in [-0.3, -0.25) is 0 Å². The van der Waals surface area contributed by atoms with Crippen molar-refractivity contribution in [3.05, 3.63) is 70.8 Å². The van der Waals surface area contributed by atoms with E-state index in [1.54, 1.807) is 0 Å². The van der Waals surface area contributed by atoms with Gasteiger partial charge in [-0.2, -0.15) is 26.3 Å². The Hall–Kier alpha value is -2.06. The van der Waals surface area contributed by atoms with Gasteiger partial charge in [0.15, 0.2) is 0 Å². The number of nitrogens with zero attached hydrogens (tertiary/aromatic N) is 1. The van der Waals surface area contributed by atoms with Gasteiger partial charge in [0.1, 0.15) is 0 Å². The van der Waals surface area contributed by atoms with E-state index in [4.69, 9.17) is 0 Å². The van der Waals surface area contributed by atoms with Crippen molar-refractivity contribution in [3.63, 3.8) is 0 Å².